The lowest BCUT2D eigenvalue weighted by Gasteiger charge is -2.50. The van der Waals surface area contributed by atoms with Crippen molar-refractivity contribution in [2.24, 2.45) is 22.7 Å². The van der Waals surface area contributed by atoms with Crippen molar-refractivity contribution in [3.63, 3.8) is 0 Å². The number of hydrogen-bond acceptors (Lipinski definition) is 4. The molecule has 4 nitrogen and oxygen atoms in total. The number of methoxy groups -OCH3 is 1. The van der Waals surface area contributed by atoms with E-state index in [9.17, 15) is 15.0 Å². The summed E-state index contributed by atoms with van der Waals surface area (Å²) < 4.78 is 5.83. The van der Waals surface area contributed by atoms with Gasteiger partial charge in [0.2, 0.25) is 0 Å². The Morgan fingerprint density at radius 2 is 1.76 bits per heavy atom. The van der Waals surface area contributed by atoms with Gasteiger partial charge in [0.15, 0.2) is 5.79 Å². The summed E-state index contributed by atoms with van der Waals surface area (Å²) in [5, 5.41) is 21.7. The third kappa shape index (κ3) is 3.08. The Bertz CT molecular complexity index is 1120. The number of phenols is 1. The van der Waals surface area contributed by atoms with Crippen LogP contribution < -0.4 is 0 Å². The van der Waals surface area contributed by atoms with Crippen LogP contribution >= 0.6 is 0 Å². The second-order valence-electron chi connectivity index (χ2n) is 10.8. The minimum absolute atomic E-state index is 0.107. The van der Waals surface area contributed by atoms with E-state index in [-0.39, 0.29) is 17.5 Å². The van der Waals surface area contributed by atoms with Gasteiger partial charge in [-0.15, -0.1) is 0 Å². The lowest BCUT2D eigenvalue weighted by Crippen LogP contribution is -2.57. The molecular formula is C30H36O4. The summed E-state index contributed by atoms with van der Waals surface area (Å²) in [6, 6.07) is 15.4. The molecule has 2 bridgehead atoms. The lowest BCUT2D eigenvalue weighted by atomic mass is 9.53. The number of ketones is 1. The molecule has 3 aliphatic rings. The molecule has 34 heavy (non-hydrogen) atoms. The van der Waals surface area contributed by atoms with Gasteiger partial charge in [0.25, 0.3) is 0 Å². The quantitative estimate of drug-likeness (QED) is 0.389. The third-order valence-electron chi connectivity index (χ3n) is 9.57. The van der Waals surface area contributed by atoms with E-state index in [1.807, 2.05) is 30.3 Å². The Morgan fingerprint density at radius 1 is 1.09 bits per heavy atom. The standard InChI is InChI=1S/C30H36O4/c1-20-26-16-17-29(30(26,33)34-3,28(20,2)24-11-4-5-12-24)27(32)15-14-21-8-6-9-22(18-21)23-10-7-13-25(31)19-23/h6-10,13,18-19,24,26,31,33H,1,4-5,11-12,14-17H2,2-3H3/t26-,28+,29-,30-/m1/s1. The number of aromatic hydroxyl groups is 1. The van der Waals surface area contributed by atoms with E-state index in [2.05, 4.69) is 19.6 Å². The molecule has 0 radical (unpaired) electrons. The van der Waals surface area contributed by atoms with Crippen LogP contribution in [-0.2, 0) is 16.0 Å². The van der Waals surface area contributed by atoms with Gasteiger partial charge in [0.05, 0.1) is 5.41 Å². The average Bonchev–Trinajstić information content (AvgIpc) is 3.52. The number of aliphatic hydroxyl groups is 1. The molecular weight excluding hydrogens is 424 g/mol. The number of carbonyl (C=O) groups excluding carboxylic acids is 1. The van der Waals surface area contributed by atoms with Crippen molar-refractivity contribution in [1.29, 1.82) is 0 Å². The Morgan fingerprint density at radius 3 is 2.44 bits per heavy atom. The van der Waals surface area contributed by atoms with E-state index < -0.39 is 16.6 Å². The molecule has 2 aromatic rings. The molecule has 0 amide bonds. The average molecular weight is 461 g/mol. The number of hydrogen-bond donors (Lipinski definition) is 2. The number of fused-ring (bicyclic) bond motifs is 2. The van der Waals surface area contributed by atoms with E-state index in [1.54, 1.807) is 19.2 Å². The SMILES string of the molecule is C=C1[C@H]2CC[C@@](C(=O)CCc3cccc(-c4cccc(O)c4)c3)([C@]1(C)C1CCCC1)[C@]2(O)OC. The molecule has 0 heterocycles. The molecule has 0 saturated heterocycles. The molecule has 5 rings (SSSR count). The van der Waals surface area contributed by atoms with Crippen molar-refractivity contribution in [3.8, 4) is 16.9 Å². The van der Waals surface area contributed by atoms with Crippen LogP contribution in [0.1, 0.15) is 57.4 Å². The molecule has 3 saturated carbocycles. The van der Waals surface area contributed by atoms with E-state index in [1.165, 1.54) is 12.8 Å². The minimum atomic E-state index is -1.47. The summed E-state index contributed by atoms with van der Waals surface area (Å²) in [7, 11) is 1.55. The fourth-order valence-corrected chi connectivity index (χ4v) is 7.83. The maximum Gasteiger partial charge on any atom is 0.185 e. The van der Waals surface area contributed by atoms with Crippen LogP contribution in [0, 0.1) is 22.7 Å². The number of Topliss-reactive ketones (excluding diaryl/α,β-unsaturated/α-hetero) is 1. The fraction of sp³-hybridized carbons (Fsp3) is 0.500. The third-order valence-corrected chi connectivity index (χ3v) is 9.57. The molecule has 0 spiro atoms. The highest BCUT2D eigenvalue weighted by Gasteiger charge is 2.79. The zero-order valence-corrected chi connectivity index (χ0v) is 20.3. The zero-order valence-electron chi connectivity index (χ0n) is 20.3. The molecule has 2 N–H and O–H groups in total. The summed E-state index contributed by atoms with van der Waals surface area (Å²) in [4.78, 5) is 14.2. The van der Waals surface area contributed by atoms with Crippen LogP contribution in [0.25, 0.3) is 11.1 Å². The van der Waals surface area contributed by atoms with E-state index in [0.29, 0.717) is 25.2 Å². The fourth-order valence-electron chi connectivity index (χ4n) is 7.83. The molecule has 180 valence electrons. The van der Waals surface area contributed by atoms with Crippen LogP contribution in [0.2, 0.25) is 0 Å². The molecule has 2 aromatic carbocycles. The minimum Gasteiger partial charge on any atom is -0.508 e. The van der Waals surface area contributed by atoms with Gasteiger partial charge in [-0.1, -0.05) is 68.3 Å². The van der Waals surface area contributed by atoms with E-state index >= 15 is 0 Å². The number of rotatable bonds is 7. The Labute approximate surface area is 202 Å². The second kappa shape index (κ2) is 8.35. The molecule has 4 heteroatoms. The van der Waals surface area contributed by atoms with E-state index in [0.717, 1.165) is 41.5 Å². The number of ether oxygens (including phenoxy) is 1. The lowest BCUT2D eigenvalue weighted by molar-refractivity contribution is -0.257. The Balaban J connectivity index is 1.44. The van der Waals surface area contributed by atoms with Gasteiger partial charge in [-0.3, -0.25) is 4.79 Å². The summed E-state index contributed by atoms with van der Waals surface area (Å²) in [6.07, 6.45) is 6.90. The maximum atomic E-state index is 14.2. The first-order valence-corrected chi connectivity index (χ1v) is 12.7. The summed E-state index contributed by atoms with van der Waals surface area (Å²) >= 11 is 0. The van der Waals surface area contributed by atoms with Crippen LogP contribution in [-0.4, -0.2) is 28.9 Å². The maximum absolute atomic E-state index is 14.2. The molecule has 0 aliphatic heterocycles. The first-order chi connectivity index (χ1) is 16.3. The highest BCUT2D eigenvalue weighted by atomic mass is 16.6. The predicted octanol–water partition coefficient (Wildman–Crippen LogP) is 6.06. The summed E-state index contributed by atoms with van der Waals surface area (Å²) in [5.74, 6) is -0.942. The van der Waals surface area contributed by atoms with Crippen molar-refractivity contribution >= 4 is 5.78 Å². The molecule has 4 atom stereocenters. The topological polar surface area (TPSA) is 66.8 Å². The first kappa shape index (κ1) is 23.3. The molecule has 3 aliphatic carbocycles. The van der Waals surface area contributed by atoms with Gasteiger partial charge >= 0.3 is 0 Å². The number of aryl methyl sites for hydroxylation is 1. The van der Waals surface area contributed by atoms with Crippen molar-refractivity contribution in [1.82, 2.24) is 0 Å². The van der Waals surface area contributed by atoms with Crippen molar-refractivity contribution in [2.75, 3.05) is 7.11 Å². The van der Waals surface area contributed by atoms with Crippen LogP contribution in [0.4, 0.5) is 0 Å². The van der Waals surface area contributed by atoms with Gasteiger partial charge in [0, 0.05) is 24.9 Å². The van der Waals surface area contributed by atoms with Crippen LogP contribution in [0.5, 0.6) is 5.75 Å². The number of benzene rings is 2. The van der Waals surface area contributed by atoms with Gasteiger partial charge < -0.3 is 14.9 Å². The van der Waals surface area contributed by atoms with Gasteiger partial charge in [0.1, 0.15) is 11.5 Å². The van der Waals surface area contributed by atoms with Crippen molar-refractivity contribution in [3.05, 3.63) is 66.2 Å². The van der Waals surface area contributed by atoms with Gasteiger partial charge in [-0.05, 0) is 66.8 Å². The first-order valence-electron chi connectivity index (χ1n) is 12.7. The van der Waals surface area contributed by atoms with Crippen molar-refractivity contribution in [2.45, 2.75) is 64.1 Å². The van der Waals surface area contributed by atoms with Crippen molar-refractivity contribution < 1.29 is 19.7 Å². The van der Waals surface area contributed by atoms with Gasteiger partial charge in [-0.25, -0.2) is 0 Å². The molecule has 0 unspecified atom stereocenters. The normalized spacial score (nSPS) is 33.0. The zero-order chi connectivity index (χ0) is 24.1. The Hall–Kier alpha value is -2.43. The highest BCUT2D eigenvalue weighted by Crippen LogP contribution is 2.75. The van der Waals surface area contributed by atoms with Gasteiger partial charge in [-0.2, -0.15) is 0 Å². The Kier molecular flexibility index (Phi) is 5.73. The number of phenolic OH excluding ortho intramolecular Hbond substituents is 1. The monoisotopic (exact) mass is 460 g/mol. The van der Waals surface area contributed by atoms with Crippen LogP contribution in [0.3, 0.4) is 0 Å². The van der Waals surface area contributed by atoms with Crippen LogP contribution in [0.15, 0.2) is 60.7 Å². The molecule has 3 fully saturated rings. The largest absolute Gasteiger partial charge is 0.508 e. The second-order valence-corrected chi connectivity index (χ2v) is 10.8. The van der Waals surface area contributed by atoms with E-state index in [4.69, 9.17) is 4.74 Å². The highest BCUT2D eigenvalue weighted by molar-refractivity contribution is 5.89. The number of carbonyl (C=O) groups is 1. The predicted molar refractivity (Wildman–Crippen MR) is 133 cm³/mol. The summed E-state index contributed by atoms with van der Waals surface area (Å²) in [6.45, 7) is 6.65. The smallest absolute Gasteiger partial charge is 0.185 e. The molecule has 0 aromatic heterocycles. The summed E-state index contributed by atoms with van der Waals surface area (Å²) in [5.41, 5.74) is 2.68.